The van der Waals surface area contributed by atoms with Gasteiger partial charge in [0.1, 0.15) is 11.5 Å². The second kappa shape index (κ2) is 17.0. The maximum Gasteiger partial charge on any atom is 0.262 e. The topological polar surface area (TPSA) is 150 Å². The Hall–Kier alpha value is -4.92. The minimum absolute atomic E-state index is 0.00408. The molecule has 5 aromatic rings. The molecule has 15 heteroatoms. The summed E-state index contributed by atoms with van der Waals surface area (Å²) < 4.78 is 22.5. The lowest BCUT2D eigenvalue weighted by Gasteiger charge is -2.16. The van der Waals surface area contributed by atoms with Gasteiger partial charge < -0.3 is 30.7 Å². The zero-order chi connectivity index (χ0) is 38.5. The maximum atomic E-state index is 15.6. The van der Waals surface area contributed by atoms with Gasteiger partial charge in [-0.25, -0.2) is 14.4 Å². The molecule has 282 valence electrons. The summed E-state index contributed by atoms with van der Waals surface area (Å²) in [6.45, 7) is 0.954. The number of aliphatic hydroxyl groups is 1. The normalized spacial score (nSPS) is 14.6. The van der Waals surface area contributed by atoms with Crippen LogP contribution in [0.4, 0.5) is 4.39 Å². The number of methoxy groups -OCH3 is 1. The van der Waals surface area contributed by atoms with Crippen molar-refractivity contribution in [1.29, 1.82) is 0 Å². The van der Waals surface area contributed by atoms with Crippen LogP contribution in [0.1, 0.15) is 30.4 Å². The van der Waals surface area contributed by atoms with E-state index in [4.69, 9.17) is 27.9 Å². The van der Waals surface area contributed by atoms with Crippen molar-refractivity contribution in [2.45, 2.75) is 44.5 Å². The molecule has 0 bridgehead atoms. The number of aliphatic hydroxyl groups excluding tert-OH is 1. The van der Waals surface area contributed by atoms with Gasteiger partial charge in [-0.05, 0) is 24.1 Å². The monoisotopic (exact) mass is 775 g/mol. The van der Waals surface area contributed by atoms with Crippen LogP contribution >= 0.6 is 23.2 Å². The molecule has 4 heterocycles. The van der Waals surface area contributed by atoms with Gasteiger partial charge in [0.2, 0.25) is 17.7 Å². The average molecular weight is 777 g/mol. The number of aromatic nitrogens is 3. The summed E-state index contributed by atoms with van der Waals surface area (Å²) in [5.41, 5.74) is 4.20. The largest absolute Gasteiger partial charge is 0.481 e. The van der Waals surface area contributed by atoms with E-state index in [9.17, 15) is 19.5 Å². The van der Waals surface area contributed by atoms with Crippen LogP contribution in [0.3, 0.4) is 0 Å². The van der Waals surface area contributed by atoms with Crippen molar-refractivity contribution < 1.29 is 23.8 Å². The number of hydrogen-bond acceptors (Lipinski definition) is 9. The van der Waals surface area contributed by atoms with Gasteiger partial charge in [-0.15, -0.1) is 0 Å². The zero-order valence-corrected chi connectivity index (χ0v) is 31.5. The first-order chi connectivity index (χ1) is 25.9. The highest BCUT2D eigenvalue weighted by molar-refractivity contribution is 6.39. The Bertz CT molecular complexity index is 2270. The van der Waals surface area contributed by atoms with Gasteiger partial charge >= 0.3 is 0 Å². The van der Waals surface area contributed by atoms with Gasteiger partial charge in [0, 0.05) is 99.0 Å². The molecule has 1 saturated heterocycles. The van der Waals surface area contributed by atoms with Crippen molar-refractivity contribution in [3.05, 3.63) is 104 Å². The summed E-state index contributed by atoms with van der Waals surface area (Å²) in [4.78, 5) is 47.1. The quantitative estimate of drug-likeness (QED) is 0.124. The first kappa shape index (κ1) is 38.8. The minimum Gasteiger partial charge on any atom is -0.481 e. The first-order valence-corrected chi connectivity index (χ1v) is 18.1. The van der Waals surface area contributed by atoms with Crippen molar-refractivity contribution >= 4 is 40.7 Å². The predicted octanol–water partition coefficient (Wildman–Crippen LogP) is 4.84. The molecule has 1 aliphatic rings. The molecule has 54 heavy (non-hydrogen) atoms. The van der Waals surface area contributed by atoms with Crippen LogP contribution < -0.4 is 26.2 Å². The maximum absolute atomic E-state index is 15.6. The molecule has 0 aliphatic carbocycles. The van der Waals surface area contributed by atoms with Crippen LogP contribution in [0.15, 0.2) is 71.8 Å². The molecule has 4 N–H and O–H groups in total. The van der Waals surface area contributed by atoms with Crippen LogP contribution in [0.5, 0.6) is 5.88 Å². The summed E-state index contributed by atoms with van der Waals surface area (Å²) in [5.74, 6) is -0.571. The van der Waals surface area contributed by atoms with Crippen LogP contribution in [-0.2, 0) is 22.7 Å². The number of benzene rings is 2. The van der Waals surface area contributed by atoms with Crippen molar-refractivity contribution in [1.82, 2.24) is 35.2 Å². The van der Waals surface area contributed by atoms with E-state index >= 15 is 4.39 Å². The van der Waals surface area contributed by atoms with Gasteiger partial charge in [-0.2, -0.15) is 0 Å². The van der Waals surface area contributed by atoms with E-state index < -0.39 is 11.9 Å². The Morgan fingerprint density at radius 2 is 1.76 bits per heavy atom. The van der Waals surface area contributed by atoms with Crippen molar-refractivity contribution in [3.8, 4) is 39.4 Å². The number of halogens is 3. The van der Waals surface area contributed by atoms with E-state index in [1.165, 1.54) is 28.7 Å². The Morgan fingerprint density at radius 1 is 1.06 bits per heavy atom. The lowest BCUT2D eigenvalue weighted by atomic mass is 9.97. The fourth-order valence-electron chi connectivity index (χ4n) is 6.32. The van der Waals surface area contributed by atoms with Gasteiger partial charge in [0.15, 0.2) is 0 Å². The molecule has 1 fully saturated rings. The zero-order valence-electron chi connectivity index (χ0n) is 30.0. The molecule has 0 radical (unpaired) electrons. The molecular weight excluding hydrogens is 736 g/mol. The molecule has 3 aromatic heterocycles. The summed E-state index contributed by atoms with van der Waals surface area (Å²) in [6, 6.07) is 15.7. The van der Waals surface area contributed by atoms with E-state index in [1.807, 2.05) is 24.3 Å². The number of fused-ring (bicyclic) bond motifs is 1. The molecule has 2 aromatic carbocycles. The van der Waals surface area contributed by atoms with Gasteiger partial charge in [0.05, 0.1) is 40.9 Å². The highest BCUT2D eigenvalue weighted by Gasteiger charge is 2.22. The Labute approximate surface area is 321 Å². The van der Waals surface area contributed by atoms with E-state index in [-0.39, 0.29) is 66.6 Å². The highest BCUT2D eigenvalue weighted by atomic mass is 35.5. The molecular formula is C39H40Cl2FN7O5. The fraction of sp³-hybridized carbons (Fsp3) is 0.308. The third-order valence-electron chi connectivity index (χ3n) is 9.26. The standard InChI is InChI=1S/C39H40Cl2FN7O5/c1-48(2)35(52)15-25(50)20-43-17-23-18-45-33-14-22(12-13-49(33)39(23)53)26-6-4-7-27(36(26)40)28-8-5-9-29(37(28)41)32-16-31(42)30(38(47-32)54-3)21-44-19-24-10-11-34(51)46-24/h4-9,12-14,16,18,24-25,43-44,50H,10-11,15,17,19-21H2,1-3H3,(H,46,51)/t24-,25-/m0/s1. The third kappa shape index (κ3) is 8.56. The number of pyridine rings is 2. The predicted molar refractivity (Wildman–Crippen MR) is 206 cm³/mol. The summed E-state index contributed by atoms with van der Waals surface area (Å²) in [6.07, 6.45) is 3.41. The fourth-order valence-corrected chi connectivity index (χ4v) is 6.98. The summed E-state index contributed by atoms with van der Waals surface area (Å²) in [5, 5.41) is 20.0. The van der Waals surface area contributed by atoms with Gasteiger partial charge in [0.25, 0.3) is 5.56 Å². The van der Waals surface area contributed by atoms with Crippen molar-refractivity contribution in [3.63, 3.8) is 0 Å². The Kier molecular flexibility index (Phi) is 12.2. The molecule has 12 nitrogen and oxygen atoms in total. The molecule has 2 atom stereocenters. The Morgan fingerprint density at radius 3 is 2.44 bits per heavy atom. The summed E-state index contributed by atoms with van der Waals surface area (Å²) in [7, 11) is 4.67. The van der Waals surface area contributed by atoms with Crippen LogP contribution in [0.2, 0.25) is 10.0 Å². The first-order valence-electron chi connectivity index (χ1n) is 17.4. The number of amides is 2. The lowest BCUT2D eigenvalue weighted by molar-refractivity contribution is -0.130. The van der Waals surface area contributed by atoms with Gasteiger partial charge in [-0.3, -0.25) is 18.8 Å². The number of carbonyl (C=O) groups excluding carboxylic acids is 2. The second-order valence-electron chi connectivity index (χ2n) is 13.3. The average Bonchev–Trinajstić information content (AvgIpc) is 3.57. The number of hydrogen-bond donors (Lipinski definition) is 4. The minimum atomic E-state index is -0.890. The van der Waals surface area contributed by atoms with E-state index in [1.54, 1.807) is 44.6 Å². The number of rotatable bonds is 14. The van der Waals surface area contributed by atoms with E-state index in [2.05, 4.69) is 25.9 Å². The molecule has 6 rings (SSSR count). The molecule has 0 spiro atoms. The second-order valence-corrected chi connectivity index (χ2v) is 14.0. The van der Waals surface area contributed by atoms with Crippen LogP contribution in [-0.4, -0.2) is 82.6 Å². The highest BCUT2D eigenvalue weighted by Crippen LogP contribution is 2.42. The lowest BCUT2D eigenvalue weighted by Crippen LogP contribution is -2.35. The molecule has 0 unspecified atom stereocenters. The van der Waals surface area contributed by atoms with Crippen LogP contribution in [0, 0.1) is 5.82 Å². The number of nitrogens with one attached hydrogen (secondary N) is 3. The smallest absolute Gasteiger partial charge is 0.262 e. The molecule has 1 aliphatic heterocycles. The summed E-state index contributed by atoms with van der Waals surface area (Å²) >= 11 is 14.1. The van der Waals surface area contributed by atoms with Crippen LogP contribution in [0.25, 0.3) is 39.2 Å². The SMILES string of the molecule is COc1nc(-c2cccc(-c3cccc(-c4ccn5c(=O)c(CNC[C@@H](O)CC(=O)N(C)C)cnc5c4)c3Cl)c2Cl)cc(F)c1CNC[C@@H]1CCC(=O)N1. The van der Waals surface area contributed by atoms with E-state index in [0.29, 0.717) is 62.0 Å². The number of ether oxygens (including phenoxy) is 1. The number of carbonyl (C=O) groups is 2. The third-order valence-corrected chi connectivity index (χ3v) is 10.1. The Balaban J connectivity index is 1.22. The van der Waals surface area contributed by atoms with Crippen molar-refractivity contribution in [2.75, 3.05) is 34.3 Å². The molecule has 2 amide bonds. The van der Waals surface area contributed by atoms with E-state index in [0.717, 1.165) is 6.42 Å². The molecule has 0 saturated carbocycles. The number of nitrogens with zero attached hydrogens (tertiary/aromatic N) is 4. The van der Waals surface area contributed by atoms with Gasteiger partial charge in [-0.1, -0.05) is 59.6 Å². The van der Waals surface area contributed by atoms with Crippen molar-refractivity contribution in [2.24, 2.45) is 0 Å².